The highest BCUT2D eigenvalue weighted by Crippen LogP contribution is 2.44. The summed E-state index contributed by atoms with van der Waals surface area (Å²) in [6.45, 7) is 0. The van der Waals surface area contributed by atoms with Gasteiger partial charge in [-0.2, -0.15) is 0 Å². The molecule has 0 saturated carbocycles. The van der Waals surface area contributed by atoms with E-state index in [9.17, 15) is 4.21 Å². The van der Waals surface area contributed by atoms with E-state index in [1.165, 1.54) is 23.1 Å². The zero-order valence-electron chi connectivity index (χ0n) is 16.5. The van der Waals surface area contributed by atoms with Gasteiger partial charge in [0.25, 0.3) is 0 Å². The molecule has 0 amide bonds. The molecule has 148 valence electrons. The van der Waals surface area contributed by atoms with Crippen molar-refractivity contribution in [3.63, 3.8) is 0 Å². The average molecular weight is 406 g/mol. The van der Waals surface area contributed by atoms with Gasteiger partial charge in [0.15, 0.2) is 11.0 Å². The molecule has 1 fully saturated rings. The lowest BCUT2D eigenvalue weighted by Crippen LogP contribution is -2.32. The molecule has 29 heavy (non-hydrogen) atoms. The molecule has 0 radical (unpaired) electrons. The van der Waals surface area contributed by atoms with E-state index in [0.717, 1.165) is 39.9 Å². The SMILES string of the molecule is COc1cc(S(=O)n2ccc3ccccc32)cc2c3c(n(C)c12)CC1CCC3N1. The van der Waals surface area contributed by atoms with E-state index >= 15 is 0 Å². The van der Waals surface area contributed by atoms with Crippen LogP contribution in [-0.2, 0) is 24.5 Å². The molecular formula is C23H23N3O2S. The van der Waals surface area contributed by atoms with E-state index in [4.69, 9.17) is 4.74 Å². The van der Waals surface area contributed by atoms with Crippen LogP contribution in [0.15, 0.2) is 53.6 Å². The molecule has 0 spiro atoms. The summed E-state index contributed by atoms with van der Waals surface area (Å²) >= 11 is 0. The van der Waals surface area contributed by atoms with Crippen molar-refractivity contribution in [2.24, 2.45) is 7.05 Å². The number of benzene rings is 2. The van der Waals surface area contributed by atoms with Crippen LogP contribution in [0.25, 0.3) is 21.8 Å². The first-order valence-corrected chi connectivity index (χ1v) is 11.2. The highest BCUT2D eigenvalue weighted by Gasteiger charge is 2.36. The number of aryl methyl sites for hydroxylation is 1. The number of nitrogens with zero attached hydrogens (tertiary/aromatic N) is 2. The van der Waals surface area contributed by atoms with E-state index < -0.39 is 11.0 Å². The lowest BCUT2D eigenvalue weighted by atomic mass is 9.99. The van der Waals surface area contributed by atoms with Gasteiger partial charge in [0.05, 0.1) is 23.0 Å². The first kappa shape index (κ1) is 17.3. The van der Waals surface area contributed by atoms with Crippen molar-refractivity contribution in [2.75, 3.05) is 7.11 Å². The number of nitrogens with one attached hydrogen (secondary N) is 1. The topological polar surface area (TPSA) is 48.2 Å². The van der Waals surface area contributed by atoms with Crippen LogP contribution >= 0.6 is 0 Å². The summed E-state index contributed by atoms with van der Waals surface area (Å²) in [5.41, 5.74) is 4.83. The molecule has 2 aromatic heterocycles. The maximum absolute atomic E-state index is 13.6. The van der Waals surface area contributed by atoms with Gasteiger partial charge >= 0.3 is 0 Å². The maximum atomic E-state index is 13.6. The summed E-state index contributed by atoms with van der Waals surface area (Å²) in [5.74, 6) is 0.787. The highest BCUT2D eigenvalue weighted by molar-refractivity contribution is 7.83. The molecular weight excluding hydrogens is 382 g/mol. The molecule has 2 aliphatic heterocycles. The second-order valence-corrected chi connectivity index (χ2v) is 9.45. The second kappa shape index (κ2) is 6.21. The van der Waals surface area contributed by atoms with Crippen molar-refractivity contribution >= 4 is 32.8 Å². The van der Waals surface area contributed by atoms with Crippen molar-refractivity contribution in [3.8, 4) is 5.75 Å². The molecule has 3 unspecified atom stereocenters. The number of fused-ring (bicyclic) bond motifs is 7. The number of para-hydroxylation sites is 1. The maximum Gasteiger partial charge on any atom is 0.157 e. The van der Waals surface area contributed by atoms with Crippen LogP contribution in [0, 0.1) is 0 Å². The fourth-order valence-electron chi connectivity index (χ4n) is 5.25. The van der Waals surface area contributed by atoms with Gasteiger partial charge in [-0.1, -0.05) is 18.2 Å². The molecule has 0 aliphatic carbocycles. The van der Waals surface area contributed by atoms with Crippen LogP contribution in [0.5, 0.6) is 5.75 Å². The minimum Gasteiger partial charge on any atom is -0.495 e. The first-order chi connectivity index (χ1) is 14.2. The number of methoxy groups -OCH3 is 1. The van der Waals surface area contributed by atoms with Crippen molar-refractivity contribution in [1.82, 2.24) is 13.9 Å². The van der Waals surface area contributed by atoms with E-state index in [1.54, 1.807) is 7.11 Å². The van der Waals surface area contributed by atoms with Crippen LogP contribution in [0.1, 0.15) is 30.1 Å². The number of rotatable bonds is 3. The molecule has 6 heteroatoms. The lowest BCUT2D eigenvalue weighted by Gasteiger charge is -2.23. The van der Waals surface area contributed by atoms with Gasteiger partial charge in [0.2, 0.25) is 0 Å². The molecule has 2 aliphatic rings. The standard InChI is InChI=1S/C23H23N3O2S/c1-25-20-11-15-7-8-18(24-15)22(20)17-12-16(13-21(28-2)23(17)25)29(27)26-10-9-14-5-3-4-6-19(14)26/h3-6,9-10,12-13,15,18,24H,7-8,11H2,1-2H3. The average Bonchev–Trinajstić information content (AvgIpc) is 3.42. The largest absolute Gasteiger partial charge is 0.495 e. The zero-order valence-corrected chi connectivity index (χ0v) is 17.3. The van der Waals surface area contributed by atoms with Gasteiger partial charge in [-0.05, 0) is 36.6 Å². The van der Waals surface area contributed by atoms with Gasteiger partial charge in [-0.15, -0.1) is 0 Å². The molecule has 2 aromatic carbocycles. The Balaban J connectivity index is 1.58. The Labute approximate surface area is 171 Å². The van der Waals surface area contributed by atoms with Crippen molar-refractivity contribution in [1.29, 1.82) is 0 Å². The van der Waals surface area contributed by atoms with E-state index in [1.807, 2.05) is 46.6 Å². The van der Waals surface area contributed by atoms with Crippen molar-refractivity contribution in [2.45, 2.75) is 36.2 Å². The number of hydrogen-bond donors (Lipinski definition) is 1. The van der Waals surface area contributed by atoms with Gasteiger partial charge in [0, 0.05) is 54.3 Å². The normalized spacial score (nSPS) is 21.6. The van der Waals surface area contributed by atoms with Crippen molar-refractivity contribution < 1.29 is 8.95 Å². The Hall–Kier alpha value is -2.57. The molecule has 2 bridgehead atoms. The monoisotopic (exact) mass is 405 g/mol. The molecule has 3 atom stereocenters. The zero-order chi connectivity index (χ0) is 19.7. The summed E-state index contributed by atoms with van der Waals surface area (Å²) in [6, 6.07) is 15.0. The summed E-state index contributed by atoms with van der Waals surface area (Å²) < 4.78 is 23.5. The number of ether oxygens (including phenoxy) is 1. The van der Waals surface area contributed by atoms with Crippen molar-refractivity contribution in [3.05, 3.63) is 59.9 Å². The smallest absolute Gasteiger partial charge is 0.157 e. The Morgan fingerprint density at radius 2 is 2.03 bits per heavy atom. The third-order valence-electron chi connectivity index (χ3n) is 6.58. The Morgan fingerprint density at radius 3 is 2.90 bits per heavy atom. The predicted octanol–water partition coefficient (Wildman–Crippen LogP) is 4.06. The minimum atomic E-state index is -1.35. The Morgan fingerprint density at radius 1 is 1.17 bits per heavy atom. The molecule has 4 heterocycles. The molecule has 6 rings (SSSR count). The van der Waals surface area contributed by atoms with E-state index in [2.05, 4.69) is 23.0 Å². The molecule has 5 nitrogen and oxygen atoms in total. The van der Waals surface area contributed by atoms with Crippen LogP contribution in [0.2, 0.25) is 0 Å². The van der Waals surface area contributed by atoms with Gasteiger partial charge in [-0.25, -0.2) is 4.21 Å². The van der Waals surface area contributed by atoms with Crippen LogP contribution in [0.4, 0.5) is 0 Å². The van der Waals surface area contributed by atoms with Gasteiger partial charge < -0.3 is 14.6 Å². The first-order valence-electron chi connectivity index (χ1n) is 10.1. The summed E-state index contributed by atoms with van der Waals surface area (Å²) in [4.78, 5) is 0.768. The molecule has 4 aromatic rings. The minimum absolute atomic E-state index is 0.383. The number of aromatic nitrogens is 2. The Bertz CT molecular complexity index is 1300. The Kier molecular flexibility index (Phi) is 3.71. The summed E-state index contributed by atoms with van der Waals surface area (Å²) in [7, 11) is 2.48. The predicted molar refractivity (Wildman–Crippen MR) is 116 cm³/mol. The second-order valence-electron chi connectivity index (χ2n) is 8.09. The third-order valence-corrected chi connectivity index (χ3v) is 7.90. The van der Waals surface area contributed by atoms with Crippen LogP contribution in [0.3, 0.4) is 0 Å². The van der Waals surface area contributed by atoms with Crippen LogP contribution in [-0.4, -0.2) is 25.9 Å². The van der Waals surface area contributed by atoms with Gasteiger partial charge in [0.1, 0.15) is 5.75 Å². The molecule has 1 saturated heterocycles. The van der Waals surface area contributed by atoms with E-state index in [-0.39, 0.29) is 0 Å². The van der Waals surface area contributed by atoms with E-state index in [0.29, 0.717) is 12.1 Å². The quantitative estimate of drug-likeness (QED) is 0.559. The molecule has 1 N–H and O–H groups in total. The van der Waals surface area contributed by atoms with Crippen LogP contribution < -0.4 is 10.1 Å². The summed E-state index contributed by atoms with van der Waals surface area (Å²) in [5, 5.41) is 6.01. The highest BCUT2D eigenvalue weighted by atomic mass is 32.2. The van der Waals surface area contributed by atoms with Gasteiger partial charge in [-0.3, -0.25) is 3.97 Å². The fraction of sp³-hybridized carbons (Fsp3) is 0.304. The third kappa shape index (κ3) is 2.39. The number of hydrogen-bond acceptors (Lipinski definition) is 3. The fourth-order valence-corrected chi connectivity index (χ4v) is 6.42. The lowest BCUT2D eigenvalue weighted by molar-refractivity contribution is 0.416. The summed E-state index contributed by atoms with van der Waals surface area (Å²) in [6.07, 6.45) is 5.33.